The minimum atomic E-state index is 0. The Balaban J connectivity index is 0.00000121. The molecule has 60 valence electrons. The van der Waals surface area contributed by atoms with Gasteiger partial charge < -0.3 is 5.11 Å². The summed E-state index contributed by atoms with van der Waals surface area (Å²) in [5.74, 6) is 0.561. The van der Waals surface area contributed by atoms with Crippen LogP contribution in [-0.4, -0.2) is 0 Å². The third kappa shape index (κ3) is 2.59. The molecule has 0 aliphatic carbocycles. The average molecular weight is 156 g/mol. The first-order valence-electron chi connectivity index (χ1n) is 4.01. The van der Waals surface area contributed by atoms with Crippen LogP contribution in [0.1, 0.15) is 31.7 Å². The van der Waals surface area contributed by atoms with Gasteiger partial charge in [0, 0.05) is 0 Å². The van der Waals surface area contributed by atoms with Crippen molar-refractivity contribution >= 4 is 0 Å². The predicted molar refractivity (Wildman–Crippen MR) is 44.6 cm³/mol. The molecule has 0 heterocycles. The molecule has 0 fully saturated rings. The zero-order valence-electron chi connectivity index (χ0n) is 8.00. The maximum absolute atomic E-state index is 11.2. The van der Waals surface area contributed by atoms with E-state index in [-0.39, 0.29) is 24.6 Å². The molecular weight excluding hydrogens is 143 g/mol. The summed E-state index contributed by atoms with van der Waals surface area (Å²) in [6, 6.07) is 7.25. The molecule has 0 aliphatic heterocycles. The standard InChI is InChI=1S/C10H14O.Li/c1-3-8(2)9-6-4-5-7-10(9)11;/h4-8,11H,3H2,1-2H3;/q;+1/p-1. The maximum atomic E-state index is 11.2. The van der Waals surface area contributed by atoms with Crippen molar-refractivity contribution in [1.82, 2.24) is 0 Å². The van der Waals surface area contributed by atoms with Crippen molar-refractivity contribution in [2.45, 2.75) is 26.2 Å². The minimum absolute atomic E-state index is 0. The summed E-state index contributed by atoms with van der Waals surface area (Å²) in [6.07, 6.45) is 1.03. The zero-order valence-corrected chi connectivity index (χ0v) is 8.00. The van der Waals surface area contributed by atoms with Crippen LogP contribution in [0.5, 0.6) is 5.75 Å². The van der Waals surface area contributed by atoms with Crippen LogP contribution in [0.2, 0.25) is 0 Å². The van der Waals surface area contributed by atoms with Crippen molar-refractivity contribution in [2.75, 3.05) is 0 Å². The van der Waals surface area contributed by atoms with Gasteiger partial charge in [-0.25, -0.2) is 0 Å². The molecule has 0 saturated carbocycles. The second kappa shape index (κ2) is 5.30. The van der Waals surface area contributed by atoms with Crippen LogP contribution in [0.15, 0.2) is 24.3 Å². The smallest absolute Gasteiger partial charge is 0.872 e. The molecule has 0 aliphatic rings. The molecule has 1 atom stereocenters. The van der Waals surface area contributed by atoms with E-state index in [1.165, 1.54) is 0 Å². The Morgan fingerprint density at radius 1 is 1.33 bits per heavy atom. The van der Waals surface area contributed by atoms with Crippen LogP contribution in [0.3, 0.4) is 0 Å². The summed E-state index contributed by atoms with van der Waals surface area (Å²) in [7, 11) is 0. The van der Waals surface area contributed by atoms with E-state index in [0.29, 0.717) is 5.92 Å². The van der Waals surface area contributed by atoms with E-state index >= 15 is 0 Å². The van der Waals surface area contributed by atoms with E-state index in [9.17, 15) is 5.11 Å². The molecule has 0 aromatic heterocycles. The SMILES string of the molecule is CCC(C)c1ccccc1[O-].[Li+]. The Hall–Kier alpha value is -0.383. The minimum Gasteiger partial charge on any atom is -0.872 e. The van der Waals surface area contributed by atoms with Gasteiger partial charge in [0.05, 0.1) is 0 Å². The summed E-state index contributed by atoms with van der Waals surface area (Å²) < 4.78 is 0. The second-order valence-corrected chi connectivity index (χ2v) is 2.85. The molecule has 1 nitrogen and oxygen atoms in total. The molecule has 0 N–H and O–H groups in total. The van der Waals surface area contributed by atoms with Crippen LogP contribution in [0.25, 0.3) is 0 Å². The molecule has 1 aromatic rings. The second-order valence-electron chi connectivity index (χ2n) is 2.85. The number of rotatable bonds is 2. The van der Waals surface area contributed by atoms with Gasteiger partial charge in [0.1, 0.15) is 0 Å². The van der Waals surface area contributed by atoms with E-state index in [1.54, 1.807) is 12.1 Å². The molecule has 0 spiro atoms. The van der Waals surface area contributed by atoms with Gasteiger partial charge in [0.2, 0.25) is 0 Å². The van der Waals surface area contributed by atoms with Crippen molar-refractivity contribution in [3.8, 4) is 5.75 Å². The summed E-state index contributed by atoms with van der Waals surface area (Å²) >= 11 is 0. The van der Waals surface area contributed by atoms with Crippen molar-refractivity contribution in [1.29, 1.82) is 0 Å². The van der Waals surface area contributed by atoms with Crippen LogP contribution in [0, 0.1) is 0 Å². The Bertz CT molecular complexity index is 235. The fourth-order valence-electron chi connectivity index (χ4n) is 1.11. The summed E-state index contributed by atoms with van der Waals surface area (Å²) in [4.78, 5) is 0. The number of hydrogen-bond acceptors (Lipinski definition) is 1. The molecule has 0 amide bonds. The molecule has 1 rings (SSSR count). The molecular formula is C10H13LiO. The zero-order chi connectivity index (χ0) is 8.27. The average Bonchev–Trinajstić information content (AvgIpc) is 2.04. The summed E-state index contributed by atoms with van der Waals surface area (Å²) in [6.45, 7) is 4.17. The molecule has 1 aromatic carbocycles. The van der Waals surface area contributed by atoms with Gasteiger partial charge in [-0.2, -0.15) is 0 Å². The largest absolute Gasteiger partial charge is 1.00 e. The third-order valence-corrected chi connectivity index (χ3v) is 2.06. The summed E-state index contributed by atoms with van der Waals surface area (Å²) in [5.41, 5.74) is 0.940. The van der Waals surface area contributed by atoms with Crippen LogP contribution in [-0.2, 0) is 0 Å². The number of benzene rings is 1. The molecule has 1 unspecified atom stereocenters. The molecule has 0 radical (unpaired) electrons. The van der Waals surface area contributed by atoms with Gasteiger partial charge in [-0.3, -0.25) is 0 Å². The van der Waals surface area contributed by atoms with Gasteiger partial charge >= 0.3 is 18.9 Å². The first-order valence-corrected chi connectivity index (χ1v) is 4.01. The Morgan fingerprint density at radius 3 is 2.42 bits per heavy atom. The summed E-state index contributed by atoms with van der Waals surface area (Å²) in [5, 5.41) is 11.2. The van der Waals surface area contributed by atoms with Crippen LogP contribution >= 0.6 is 0 Å². The van der Waals surface area contributed by atoms with E-state index in [0.717, 1.165) is 12.0 Å². The predicted octanol–water partition coefficient (Wildman–Crippen LogP) is -0.722. The topological polar surface area (TPSA) is 23.1 Å². The Labute approximate surface area is 86.0 Å². The van der Waals surface area contributed by atoms with E-state index in [1.807, 2.05) is 12.1 Å². The quantitative estimate of drug-likeness (QED) is 0.518. The van der Waals surface area contributed by atoms with Gasteiger partial charge in [-0.15, -0.1) is 5.75 Å². The van der Waals surface area contributed by atoms with Crippen LogP contribution < -0.4 is 24.0 Å². The van der Waals surface area contributed by atoms with E-state index < -0.39 is 0 Å². The van der Waals surface area contributed by atoms with Crippen LogP contribution in [0.4, 0.5) is 0 Å². The Morgan fingerprint density at radius 2 is 1.92 bits per heavy atom. The van der Waals surface area contributed by atoms with E-state index in [4.69, 9.17) is 0 Å². The fraction of sp³-hybridized carbons (Fsp3) is 0.400. The first kappa shape index (κ1) is 11.6. The molecule has 0 bridgehead atoms. The molecule has 0 saturated heterocycles. The van der Waals surface area contributed by atoms with Crippen molar-refractivity contribution < 1.29 is 24.0 Å². The monoisotopic (exact) mass is 156 g/mol. The van der Waals surface area contributed by atoms with Gasteiger partial charge in [0.15, 0.2) is 0 Å². The van der Waals surface area contributed by atoms with Gasteiger partial charge in [0.25, 0.3) is 0 Å². The van der Waals surface area contributed by atoms with Gasteiger partial charge in [-0.1, -0.05) is 43.7 Å². The van der Waals surface area contributed by atoms with Crippen molar-refractivity contribution in [2.24, 2.45) is 0 Å². The van der Waals surface area contributed by atoms with Crippen molar-refractivity contribution in [3.05, 3.63) is 29.8 Å². The first-order chi connectivity index (χ1) is 5.25. The van der Waals surface area contributed by atoms with E-state index in [2.05, 4.69) is 13.8 Å². The Kier molecular flexibility index (Phi) is 5.13. The third-order valence-electron chi connectivity index (χ3n) is 2.06. The maximum Gasteiger partial charge on any atom is 1.00 e. The van der Waals surface area contributed by atoms with Gasteiger partial charge in [-0.05, 0) is 12.3 Å². The normalized spacial score (nSPS) is 11.8. The van der Waals surface area contributed by atoms with Crippen molar-refractivity contribution in [3.63, 3.8) is 0 Å². The number of hydrogen-bond donors (Lipinski definition) is 0. The number of para-hydroxylation sites is 1. The molecule has 12 heavy (non-hydrogen) atoms. The molecule has 2 heteroatoms. The fourth-order valence-corrected chi connectivity index (χ4v) is 1.11.